The molecule has 0 heterocycles. The van der Waals surface area contributed by atoms with Crippen LogP contribution < -0.4 is 0 Å². The van der Waals surface area contributed by atoms with Gasteiger partial charge in [-0.3, -0.25) is 4.79 Å². The van der Waals surface area contributed by atoms with Crippen LogP contribution >= 0.6 is 0 Å². The zero-order chi connectivity index (χ0) is 18.6. The second kappa shape index (κ2) is 18.9. The average Bonchev–Trinajstić information content (AvgIpc) is 2.62. The summed E-state index contributed by atoms with van der Waals surface area (Å²) < 4.78 is 4.84. The minimum atomic E-state index is -0.971. The third-order valence-corrected chi connectivity index (χ3v) is 3.73. The van der Waals surface area contributed by atoms with E-state index in [-0.39, 0.29) is 19.2 Å². The van der Waals surface area contributed by atoms with Gasteiger partial charge in [-0.15, -0.1) is 0 Å². The minimum absolute atomic E-state index is 0.123. The Morgan fingerprint density at radius 2 is 1.52 bits per heavy atom. The normalized spacial score (nSPS) is 13.2. The number of aliphatic hydroxyl groups is 2. The van der Waals surface area contributed by atoms with E-state index in [9.17, 15) is 4.79 Å². The molecule has 0 aliphatic heterocycles. The molecule has 0 amide bonds. The second-order valence-corrected chi connectivity index (χ2v) is 6.21. The van der Waals surface area contributed by atoms with E-state index < -0.39 is 6.10 Å². The fraction of sp³-hybridized carbons (Fsp3) is 0.667. The van der Waals surface area contributed by atoms with Crippen molar-refractivity contribution in [1.82, 2.24) is 0 Å². The van der Waals surface area contributed by atoms with Gasteiger partial charge in [0.25, 0.3) is 0 Å². The molecule has 4 heteroatoms. The summed E-state index contributed by atoms with van der Waals surface area (Å²) >= 11 is 0. The fourth-order valence-corrected chi connectivity index (χ4v) is 2.19. The van der Waals surface area contributed by atoms with Crippen LogP contribution in [0.25, 0.3) is 0 Å². The van der Waals surface area contributed by atoms with Crippen LogP contribution in [-0.2, 0) is 9.53 Å². The van der Waals surface area contributed by atoms with E-state index in [1.165, 1.54) is 19.3 Å². The molecular formula is C21H36O4. The number of carbonyl (C=O) groups is 1. The van der Waals surface area contributed by atoms with Gasteiger partial charge in [0.2, 0.25) is 0 Å². The molecule has 0 bridgehead atoms. The van der Waals surface area contributed by atoms with Crippen molar-refractivity contribution in [3.05, 3.63) is 36.5 Å². The van der Waals surface area contributed by atoms with Gasteiger partial charge in [0.15, 0.2) is 0 Å². The highest BCUT2D eigenvalue weighted by Gasteiger charge is 2.07. The first-order chi connectivity index (χ1) is 12.2. The van der Waals surface area contributed by atoms with Gasteiger partial charge in [-0.25, -0.2) is 0 Å². The summed E-state index contributed by atoms with van der Waals surface area (Å²) in [5, 5.41) is 17.7. The number of rotatable bonds is 16. The number of hydrogen-bond donors (Lipinski definition) is 2. The summed E-state index contributed by atoms with van der Waals surface area (Å²) in [6.45, 7) is 1.71. The first kappa shape index (κ1) is 23.6. The van der Waals surface area contributed by atoms with Crippen molar-refractivity contribution in [3.8, 4) is 0 Å². The first-order valence-corrected chi connectivity index (χ1v) is 9.63. The summed E-state index contributed by atoms with van der Waals surface area (Å²) in [6, 6.07) is 0. The number of unbranched alkanes of at least 4 members (excludes halogenated alkanes) is 7. The van der Waals surface area contributed by atoms with Gasteiger partial charge in [0.1, 0.15) is 12.7 Å². The van der Waals surface area contributed by atoms with Crippen molar-refractivity contribution in [2.45, 2.75) is 77.2 Å². The molecular weight excluding hydrogens is 316 g/mol. The Kier molecular flexibility index (Phi) is 17.9. The van der Waals surface area contributed by atoms with Gasteiger partial charge in [0, 0.05) is 6.42 Å². The molecule has 1 unspecified atom stereocenters. The average molecular weight is 353 g/mol. The van der Waals surface area contributed by atoms with Gasteiger partial charge in [-0.05, 0) is 32.1 Å². The summed E-state index contributed by atoms with van der Waals surface area (Å²) in [5.41, 5.74) is 0. The molecule has 0 saturated heterocycles. The molecule has 0 spiro atoms. The highest BCUT2D eigenvalue weighted by atomic mass is 16.5. The summed E-state index contributed by atoms with van der Waals surface area (Å²) in [5.74, 6) is -0.305. The fourth-order valence-electron chi connectivity index (χ4n) is 2.19. The Labute approximate surface area is 153 Å². The Morgan fingerprint density at radius 3 is 2.12 bits per heavy atom. The number of hydrogen-bond acceptors (Lipinski definition) is 4. The number of allylic oxidation sites excluding steroid dienone is 6. The lowest BCUT2D eigenvalue weighted by Crippen LogP contribution is -2.21. The predicted molar refractivity (Wildman–Crippen MR) is 103 cm³/mol. The van der Waals surface area contributed by atoms with Gasteiger partial charge in [-0.1, -0.05) is 69.1 Å². The molecule has 144 valence electrons. The lowest BCUT2D eigenvalue weighted by Gasteiger charge is -2.08. The molecule has 1 atom stereocenters. The molecule has 0 rings (SSSR count). The van der Waals surface area contributed by atoms with Crippen LogP contribution in [0.15, 0.2) is 36.5 Å². The Balaban J connectivity index is 3.41. The van der Waals surface area contributed by atoms with E-state index in [1.54, 1.807) is 0 Å². The number of esters is 1. The Hall–Kier alpha value is -1.39. The van der Waals surface area contributed by atoms with Crippen LogP contribution in [0.2, 0.25) is 0 Å². The molecule has 4 nitrogen and oxygen atoms in total. The topological polar surface area (TPSA) is 66.8 Å². The zero-order valence-corrected chi connectivity index (χ0v) is 15.7. The SMILES string of the molecule is CCCCCC=CC=CC=CCCCCCCC(=O)OCC(O)CO. The van der Waals surface area contributed by atoms with Crippen molar-refractivity contribution < 1.29 is 19.7 Å². The van der Waals surface area contributed by atoms with Crippen molar-refractivity contribution in [1.29, 1.82) is 0 Å². The monoisotopic (exact) mass is 352 g/mol. The smallest absolute Gasteiger partial charge is 0.305 e. The van der Waals surface area contributed by atoms with Crippen molar-refractivity contribution in [2.24, 2.45) is 0 Å². The van der Waals surface area contributed by atoms with Gasteiger partial charge in [0.05, 0.1) is 6.61 Å². The minimum Gasteiger partial charge on any atom is -0.463 e. The molecule has 0 aromatic carbocycles. The molecule has 0 aliphatic carbocycles. The lowest BCUT2D eigenvalue weighted by atomic mass is 10.1. The second-order valence-electron chi connectivity index (χ2n) is 6.21. The molecule has 0 aromatic heterocycles. The highest BCUT2D eigenvalue weighted by molar-refractivity contribution is 5.69. The van der Waals surface area contributed by atoms with Crippen LogP contribution in [0.4, 0.5) is 0 Å². The quantitative estimate of drug-likeness (QED) is 0.244. The van der Waals surface area contributed by atoms with Crippen LogP contribution in [0.1, 0.15) is 71.1 Å². The molecule has 0 aromatic rings. The number of carbonyl (C=O) groups excluding carboxylic acids is 1. The molecule has 0 radical (unpaired) electrons. The van der Waals surface area contributed by atoms with Crippen LogP contribution in [-0.4, -0.2) is 35.5 Å². The zero-order valence-electron chi connectivity index (χ0n) is 15.7. The maximum Gasteiger partial charge on any atom is 0.305 e. The van der Waals surface area contributed by atoms with E-state index in [0.29, 0.717) is 6.42 Å². The van der Waals surface area contributed by atoms with Gasteiger partial charge >= 0.3 is 5.97 Å². The molecule has 0 saturated carbocycles. The number of ether oxygens (including phenoxy) is 1. The molecule has 2 N–H and O–H groups in total. The molecule has 0 aliphatic rings. The maximum absolute atomic E-state index is 11.4. The van der Waals surface area contributed by atoms with E-state index >= 15 is 0 Å². The standard InChI is InChI=1S/C21H36O4/c1-2-3-4-5-6-7-8-9-10-11-12-13-14-15-16-17-21(24)25-19-20(23)18-22/h6-11,20,22-23H,2-5,12-19H2,1H3. The largest absolute Gasteiger partial charge is 0.463 e. The highest BCUT2D eigenvalue weighted by Crippen LogP contribution is 2.07. The summed E-state index contributed by atoms with van der Waals surface area (Å²) in [4.78, 5) is 11.4. The number of aliphatic hydroxyl groups excluding tert-OH is 2. The summed E-state index contributed by atoms with van der Waals surface area (Å²) in [7, 11) is 0. The van der Waals surface area contributed by atoms with Gasteiger partial charge < -0.3 is 14.9 Å². The van der Waals surface area contributed by atoms with Gasteiger partial charge in [-0.2, -0.15) is 0 Å². The van der Waals surface area contributed by atoms with E-state index in [2.05, 4.69) is 43.4 Å². The maximum atomic E-state index is 11.4. The van der Waals surface area contributed by atoms with Crippen LogP contribution in [0, 0.1) is 0 Å². The predicted octanol–water partition coefficient (Wildman–Crippen LogP) is 4.47. The Bertz CT molecular complexity index is 385. The van der Waals surface area contributed by atoms with Crippen LogP contribution in [0.5, 0.6) is 0 Å². The van der Waals surface area contributed by atoms with E-state index in [4.69, 9.17) is 14.9 Å². The van der Waals surface area contributed by atoms with E-state index in [0.717, 1.165) is 38.5 Å². The third kappa shape index (κ3) is 18.8. The lowest BCUT2D eigenvalue weighted by molar-refractivity contribution is -0.147. The van der Waals surface area contributed by atoms with Crippen LogP contribution in [0.3, 0.4) is 0 Å². The van der Waals surface area contributed by atoms with Crippen molar-refractivity contribution >= 4 is 5.97 Å². The first-order valence-electron chi connectivity index (χ1n) is 9.63. The van der Waals surface area contributed by atoms with Crippen molar-refractivity contribution in [2.75, 3.05) is 13.2 Å². The van der Waals surface area contributed by atoms with E-state index in [1.807, 2.05) is 0 Å². The molecule has 0 fully saturated rings. The third-order valence-electron chi connectivity index (χ3n) is 3.73. The Morgan fingerprint density at radius 1 is 0.920 bits per heavy atom. The van der Waals surface area contributed by atoms with Crippen molar-refractivity contribution in [3.63, 3.8) is 0 Å². The molecule has 25 heavy (non-hydrogen) atoms. The summed E-state index contributed by atoms with van der Waals surface area (Å²) in [6.07, 6.45) is 22.2.